The molecule has 1 amide bonds. The van der Waals surface area contributed by atoms with Gasteiger partial charge in [0.2, 0.25) is 5.91 Å². The zero-order valence-electron chi connectivity index (χ0n) is 13.7. The van der Waals surface area contributed by atoms with E-state index in [1.54, 1.807) is 13.0 Å². The normalized spacial score (nSPS) is 13.2. The van der Waals surface area contributed by atoms with Crippen LogP contribution < -0.4 is 10.9 Å². The van der Waals surface area contributed by atoms with Gasteiger partial charge < -0.3 is 10.4 Å². The minimum Gasteiger partial charge on any atom is -0.393 e. The molecule has 2 aromatic heterocycles. The van der Waals surface area contributed by atoms with Crippen LogP contribution in [0.2, 0.25) is 0 Å². The van der Waals surface area contributed by atoms with Gasteiger partial charge in [0.15, 0.2) is 0 Å². The van der Waals surface area contributed by atoms with Crippen molar-refractivity contribution in [2.75, 3.05) is 6.54 Å². The fourth-order valence-corrected chi connectivity index (χ4v) is 3.30. The molecule has 0 bridgehead atoms. The summed E-state index contributed by atoms with van der Waals surface area (Å²) in [7, 11) is 0. The van der Waals surface area contributed by atoms with Gasteiger partial charge >= 0.3 is 0 Å². The molecule has 2 rings (SSSR count). The summed E-state index contributed by atoms with van der Waals surface area (Å²) in [5.74, 6) is -0.110. The van der Waals surface area contributed by atoms with Crippen LogP contribution in [0, 0.1) is 5.41 Å². The fraction of sp³-hybridized carbons (Fsp3) is 0.562. The van der Waals surface area contributed by atoms with Crippen LogP contribution >= 0.6 is 11.3 Å². The first-order valence-corrected chi connectivity index (χ1v) is 8.54. The third-order valence-electron chi connectivity index (χ3n) is 3.64. The van der Waals surface area contributed by atoms with Crippen LogP contribution in [0.1, 0.15) is 33.6 Å². The SMILES string of the molecule is CC(O)CC(C)(C)CNC(=O)CCn1cnc2sccc2c1=O. The van der Waals surface area contributed by atoms with Crippen LogP contribution in [0.25, 0.3) is 10.2 Å². The van der Waals surface area contributed by atoms with Crippen LogP contribution in [-0.2, 0) is 11.3 Å². The maximum atomic E-state index is 12.2. The van der Waals surface area contributed by atoms with E-state index < -0.39 is 6.10 Å². The second-order valence-electron chi connectivity index (χ2n) is 6.63. The highest BCUT2D eigenvalue weighted by molar-refractivity contribution is 7.16. The number of aliphatic hydroxyl groups is 1. The zero-order chi connectivity index (χ0) is 17.0. The number of aliphatic hydroxyl groups excluding tert-OH is 1. The lowest BCUT2D eigenvalue weighted by atomic mass is 9.87. The Labute approximate surface area is 139 Å². The van der Waals surface area contributed by atoms with Crippen molar-refractivity contribution >= 4 is 27.5 Å². The molecule has 1 unspecified atom stereocenters. The molecule has 0 spiro atoms. The molecule has 126 valence electrons. The summed E-state index contributed by atoms with van der Waals surface area (Å²) >= 11 is 1.43. The van der Waals surface area contributed by atoms with E-state index in [1.807, 2.05) is 19.2 Å². The number of aromatic nitrogens is 2. The van der Waals surface area contributed by atoms with Crippen molar-refractivity contribution in [2.45, 2.75) is 46.3 Å². The summed E-state index contributed by atoms with van der Waals surface area (Å²) < 4.78 is 1.47. The van der Waals surface area contributed by atoms with Crippen molar-refractivity contribution in [3.8, 4) is 0 Å². The zero-order valence-corrected chi connectivity index (χ0v) is 14.5. The highest BCUT2D eigenvalue weighted by Crippen LogP contribution is 2.21. The monoisotopic (exact) mass is 337 g/mol. The third kappa shape index (κ3) is 4.87. The van der Waals surface area contributed by atoms with E-state index in [4.69, 9.17) is 0 Å². The third-order valence-corrected chi connectivity index (χ3v) is 4.46. The van der Waals surface area contributed by atoms with Crippen molar-refractivity contribution in [1.82, 2.24) is 14.9 Å². The number of hydrogen-bond donors (Lipinski definition) is 2. The van der Waals surface area contributed by atoms with E-state index >= 15 is 0 Å². The standard InChI is InChI=1S/C16H23N3O3S/c1-11(20)8-16(2,3)9-17-13(21)4-6-19-10-18-14-12(15(19)22)5-7-23-14/h5,7,10-11,20H,4,6,8-9H2,1-3H3,(H,17,21). The Bertz CT molecular complexity index is 733. The van der Waals surface area contributed by atoms with E-state index in [-0.39, 0.29) is 23.3 Å². The molecule has 2 aromatic rings. The molecule has 2 N–H and O–H groups in total. The molecule has 1 atom stereocenters. The topological polar surface area (TPSA) is 84.2 Å². The molecule has 0 aliphatic rings. The Morgan fingerprint density at radius 1 is 1.52 bits per heavy atom. The van der Waals surface area contributed by atoms with Crippen LogP contribution in [-0.4, -0.2) is 33.2 Å². The molecule has 0 radical (unpaired) electrons. The van der Waals surface area contributed by atoms with Gasteiger partial charge in [0, 0.05) is 19.5 Å². The van der Waals surface area contributed by atoms with Gasteiger partial charge in [-0.2, -0.15) is 0 Å². The van der Waals surface area contributed by atoms with E-state index in [1.165, 1.54) is 22.2 Å². The van der Waals surface area contributed by atoms with E-state index in [0.717, 1.165) is 4.83 Å². The predicted molar refractivity (Wildman–Crippen MR) is 91.6 cm³/mol. The van der Waals surface area contributed by atoms with Crippen molar-refractivity contribution in [3.63, 3.8) is 0 Å². The van der Waals surface area contributed by atoms with Gasteiger partial charge in [0.25, 0.3) is 5.56 Å². The number of amides is 1. The first kappa shape index (κ1) is 17.6. The van der Waals surface area contributed by atoms with E-state index in [9.17, 15) is 14.7 Å². The van der Waals surface area contributed by atoms with Crippen molar-refractivity contribution in [3.05, 3.63) is 28.1 Å². The molecule has 0 aliphatic heterocycles. The summed E-state index contributed by atoms with van der Waals surface area (Å²) in [4.78, 5) is 29.1. The summed E-state index contributed by atoms with van der Waals surface area (Å²) in [5, 5.41) is 14.7. The van der Waals surface area contributed by atoms with E-state index in [0.29, 0.717) is 24.9 Å². The van der Waals surface area contributed by atoms with Gasteiger partial charge in [-0.15, -0.1) is 11.3 Å². The lowest BCUT2D eigenvalue weighted by Gasteiger charge is -2.26. The van der Waals surface area contributed by atoms with Gasteiger partial charge in [0.05, 0.1) is 17.8 Å². The van der Waals surface area contributed by atoms with Gasteiger partial charge in [-0.25, -0.2) is 4.98 Å². The number of carbonyl (C=O) groups excluding carboxylic acids is 1. The van der Waals surface area contributed by atoms with Crippen LogP contribution in [0.3, 0.4) is 0 Å². The van der Waals surface area contributed by atoms with Gasteiger partial charge in [0.1, 0.15) is 4.83 Å². The molecule has 0 aromatic carbocycles. The largest absolute Gasteiger partial charge is 0.393 e. The number of thiophene rings is 1. The van der Waals surface area contributed by atoms with Crippen molar-refractivity contribution in [1.29, 1.82) is 0 Å². The number of carbonyl (C=O) groups is 1. The fourth-order valence-electron chi connectivity index (χ4n) is 2.57. The number of rotatable bonds is 7. The summed E-state index contributed by atoms with van der Waals surface area (Å²) in [6, 6.07) is 1.75. The van der Waals surface area contributed by atoms with E-state index in [2.05, 4.69) is 10.3 Å². The number of aryl methyl sites for hydroxylation is 1. The van der Waals surface area contributed by atoms with Crippen molar-refractivity contribution < 1.29 is 9.90 Å². The average Bonchev–Trinajstić information content (AvgIpc) is 2.92. The maximum absolute atomic E-state index is 12.2. The minimum atomic E-state index is -0.399. The first-order valence-electron chi connectivity index (χ1n) is 7.66. The summed E-state index contributed by atoms with van der Waals surface area (Å²) in [6.45, 7) is 6.54. The summed E-state index contributed by atoms with van der Waals surface area (Å²) in [6.07, 6.45) is 1.93. The number of fused-ring (bicyclic) bond motifs is 1. The average molecular weight is 337 g/mol. The predicted octanol–water partition coefficient (Wildman–Crippen LogP) is 1.76. The Balaban J connectivity index is 1.88. The Morgan fingerprint density at radius 2 is 2.26 bits per heavy atom. The molecule has 0 saturated heterocycles. The quantitative estimate of drug-likeness (QED) is 0.806. The van der Waals surface area contributed by atoms with Crippen LogP contribution in [0.4, 0.5) is 0 Å². The lowest BCUT2D eigenvalue weighted by Crippen LogP contribution is -2.36. The molecule has 7 heteroatoms. The molecule has 23 heavy (non-hydrogen) atoms. The number of hydrogen-bond acceptors (Lipinski definition) is 5. The molecule has 0 aliphatic carbocycles. The summed E-state index contributed by atoms with van der Waals surface area (Å²) in [5.41, 5.74) is -0.281. The molecule has 6 nitrogen and oxygen atoms in total. The number of nitrogens with one attached hydrogen (secondary N) is 1. The lowest BCUT2D eigenvalue weighted by molar-refractivity contribution is -0.121. The molecule has 0 fully saturated rings. The second-order valence-corrected chi connectivity index (χ2v) is 7.52. The Morgan fingerprint density at radius 3 is 2.96 bits per heavy atom. The Kier molecular flexibility index (Phi) is 5.54. The number of nitrogens with zero attached hydrogens (tertiary/aromatic N) is 2. The van der Waals surface area contributed by atoms with Crippen LogP contribution in [0.15, 0.2) is 22.6 Å². The Hall–Kier alpha value is -1.73. The smallest absolute Gasteiger partial charge is 0.262 e. The van der Waals surface area contributed by atoms with Gasteiger partial charge in [-0.3, -0.25) is 14.2 Å². The molecular formula is C16H23N3O3S. The minimum absolute atomic E-state index is 0.110. The van der Waals surface area contributed by atoms with Gasteiger partial charge in [-0.1, -0.05) is 13.8 Å². The van der Waals surface area contributed by atoms with Gasteiger partial charge in [-0.05, 0) is 30.2 Å². The first-order chi connectivity index (χ1) is 10.8. The van der Waals surface area contributed by atoms with Crippen molar-refractivity contribution in [2.24, 2.45) is 5.41 Å². The molecule has 0 saturated carbocycles. The maximum Gasteiger partial charge on any atom is 0.262 e. The second kappa shape index (κ2) is 7.23. The highest BCUT2D eigenvalue weighted by Gasteiger charge is 2.21. The molecular weight excluding hydrogens is 314 g/mol. The molecule has 2 heterocycles. The highest BCUT2D eigenvalue weighted by atomic mass is 32.1. The van der Waals surface area contributed by atoms with Crippen LogP contribution in [0.5, 0.6) is 0 Å².